The second-order valence-electron chi connectivity index (χ2n) is 4.30. The second-order valence-corrected chi connectivity index (χ2v) is 5.81. The third kappa shape index (κ3) is 3.42. The van der Waals surface area contributed by atoms with Gasteiger partial charge in [0.2, 0.25) is 0 Å². The first kappa shape index (κ1) is 17.5. The molecule has 1 aromatic carbocycles. The molecular weight excluding hydrogens is 365 g/mol. The summed E-state index contributed by atoms with van der Waals surface area (Å²) in [5.74, 6) is -1.50. The summed E-state index contributed by atoms with van der Waals surface area (Å²) >= 11 is 2.18. The van der Waals surface area contributed by atoms with Crippen molar-refractivity contribution in [3.63, 3.8) is 0 Å². The topological polar surface area (TPSA) is 78.9 Å². The van der Waals surface area contributed by atoms with E-state index in [9.17, 15) is 27.0 Å². The van der Waals surface area contributed by atoms with Crippen LogP contribution in [0.5, 0.6) is 11.5 Å². The van der Waals surface area contributed by atoms with Gasteiger partial charge < -0.3 is 13.7 Å². The van der Waals surface area contributed by atoms with Crippen molar-refractivity contribution in [1.29, 1.82) is 0 Å². The fourth-order valence-electron chi connectivity index (χ4n) is 1.94. The van der Waals surface area contributed by atoms with Crippen LogP contribution in [0.15, 0.2) is 6.07 Å². The molecule has 0 saturated heterocycles. The van der Waals surface area contributed by atoms with E-state index in [4.69, 9.17) is 16.3 Å². The molecule has 6 nitrogen and oxygen atoms in total. The highest BCUT2D eigenvalue weighted by Crippen LogP contribution is 2.44. The number of rotatable bonds is 4. The van der Waals surface area contributed by atoms with Gasteiger partial charge in [0, 0.05) is 12.0 Å². The lowest BCUT2D eigenvalue weighted by atomic mass is 10.1. The summed E-state index contributed by atoms with van der Waals surface area (Å²) in [6, 6.07) is 0.996. The zero-order valence-electron chi connectivity index (χ0n) is 11.3. The van der Waals surface area contributed by atoms with Crippen LogP contribution in [0.3, 0.4) is 0 Å². The number of alkyl halides is 3. The van der Waals surface area contributed by atoms with Crippen LogP contribution in [0.4, 0.5) is 13.2 Å². The predicted molar refractivity (Wildman–Crippen MR) is 71.8 cm³/mol. The quantitative estimate of drug-likeness (QED) is 0.595. The minimum Gasteiger partial charge on any atom is -0.476 e. The van der Waals surface area contributed by atoms with Crippen LogP contribution in [0.25, 0.3) is 0 Å². The third-order valence-corrected chi connectivity index (χ3v) is 3.87. The average molecular weight is 373 g/mol. The van der Waals surface area contributed by atoms with Crippen LogP contribution in [-0.2, 0) is 27.0 Å². The number of hydrogen-bond acceptors (Lipinski definition) is 6. The van der Waals surface area contributed by atoms with E-state index >= 15 is 0 Å². The molecule has 0 amide bonds. The Kier molecular flexibility index (Phi) is 4.85. The van der Waals surface area contributed by atoms with Gasteiger partial charge in [-0.05, 0) is 6.07 Å². The summed E-state index contributed by atoms with van der Waals surface area (Å²) in [5.41, 5.74) is -5.55. The SMILES string of the molecule is COC(=O)C1Cc2c(c(Cl)cc(C=O)c2OS(=O)C(F)(F)F)O1. The Morgan fingerprint density at radius 1 is 1.52 bits per heavy atom. The van der Waals surface area contributed by atoms with Crippen molar-refractivity contribution < 1.29 is 40.6 Å². The maximum atomic E-state index is 12.4. The highest BCUT2D eigenvalue weighted by molar-refractivity contribution is 7.81. The van der Waals surface area contributed by atoms with Gasteiger partial charge in [0.15, 0.2) is 18.1 Å². The molecule has 2 unspecified atom stereocenters. The van der Waals surface area contributed by atoms with E-state index in [1.54, 1.807) is 0 Å². The smallest absolute Gasteiger partial charge is 0.476 e. The summed E-state index contributed by atoms with van der Waals surface area (Å²) < 4.78 is 62.5. The number of benzene rings is 1. The molecule has 126 valence electrons. The fraction of sp³-hybridized carbons (Fsp3) is 0.333. The Morgan fingerprint density at radius 3 is 2.70 bits per heavy atom. The van der Waals surface area contributed by atoms with Crippen molar-refractivity contribution in [3.05, 3.63) is 22.2 Å². The molecule has 2 atom stereocenters. The Bertz CT molecular complexity index is 690. The van der Waals surface area contributed by atoms with Crippen LogP contribution in [0.1, 0.15) is 15.9 Å². The van der Waals surface area contributed by atoms with E-state index in [-0.39, 0.29) is 34.6 Å². The highest BCUT2D eigenvalue weighted by atomic mass is 35.5. The van der Waals surface area contributed by atoms with Crippen molar-refractivity contribution in [3.8, 4) is 11.5 Å². The minimum absolute atomic E-state index is 0.0624. The highest BCUT2D eigenvalue weighted by Gasteiger charge is 2.42. The van der Waals surface area contributed by atoms with Crippen molar-refractivity contribution in [2.24, 2.45) is 0 Å². The molecule has 0 fully saturated rings. The molecule has 1 aliphatic rings. The van der Waals surface area contributed by atoms with Crippen molar-refractivity contribution >= 4 is 34.9 Å². The number of halogens is 4. The summed E-state index contributed by atoms with van der Waals surface area (Å²) in [7, 11) is 1.10. The zero-order valence-corrected chi connectivity index (χ0v) is 12.9. The Balaban J connectivity index is 2.48. The van der Waals surface area contributed by atoms with Gasteiger partial charge in [0.1, 0.15) is 5.75 Å². The van der Waals surface area contributed by atoms with E-state index in [0.717, 1.165) is 13.2 Å². The van der Waals surface area contributed by atoms with Crippen LogP contribution >= 0.6 is 11.6 Å². The normalized spacial score (nSPS) is 17.9. The number of fused-ring (bicyclic) bond motifs is 1. The molecule has 0 bridgehead atoms. The van der Waals surface area contributed by atoms with Crippen molar-refractivity contribution in [2.75, 3.05) is 7.11 Å². The lowest BCUT2D eigenvalue weighted by molar-refractivity contribution is -0.147. The Labute approximate surface area is 135 Å². The maximum Gasteiger partial charge on any atom is 0.508 e. The van der Waals surface area contributed by atoms with Gasteiger partial charge in [-0.1, -0.05) is 11.6 Å². The molecule has 1 aliphatic heterocycles. The molecule has 1 heterocycles. The zero-order chi connectivity index (χ0) is 17.4. The van der Waals surface area contributed by atoms with Gasteiger partial charge >= 0.3 is 22.6 Å². The number of methoxy groups -OCH3 is 1. The summed E-state index contributed by atoms with van der Waals surface area (Å²) in [4.78, 5) is 22.5. The number of carbonyl (C=O) groups is 2. The molecule has 0 aliphatic carbocycles. The first-order chi connectivity index (χ1) is 10.7. The van der Waals surface area contributed by atoms with E-state index < -0.39 is 34.4 Å². The average Bonchev–Trinajstić information content (AvgIpc) is 2.93. The fourth-order valence-corrected chi connectivity index (χ4v) is 2.66. The standard InChI is InChI=1S/C12H8ClF3O6S/c1-20-11(18)8-3-6-9(22-23(19)12(14,15)16)5(4-17)2-7(13)10(6)21-8/h2,4,8H,3H2,1H3. The van der Waals surface area contributed by atoms with Gasteiger partial charge in [-0.15, -0.1) is 0 Å². The number of hydrogen-bond donors (Lipinski definition) is 0. The summed E-state index contributed by atoms with van der Waals surface area (Å²) in [5, 5.41) is -0.0985. The van der Waals surface area contributed by atoms with Crippen LogP contribution in [0.2, 0.25) is 5.02 Å². The Hall–Kier alpha value is -1.81. The van der Waals surface area contributed by atoms with Crippen LogP contribution < -0.4 is 8.92 Å². The van der Waals surface area contributed by atoms with Crippen molar-refractivity contribution in [2.45, 2.75) is 18.0 Å². The predicted octanol–water partition coefficient (Wildman–Crippen LogP) is 2.19. The summed E-state index contributed by atoms with van der Waals surface area (Å²) in [6.45, 7) is 0. The van der Waals surface area contributed by atoms with Gasteiger partial charge in [-0.2, -0.15) is 13.2 Å². The first-order valence-electron chi connectivity index (χ1n) is 5.91. The van der Waals surface area contributed by atoms with Gasteiger partial charge in [-0.3, -0.25) is 4.79 Å². The molecule has 1 aromatic rings. The molecule has 0 aromatic heterocycles. The van der Waals surface area contributed by atoms with E-state index in [1.165, 1.54) is 0 Å². The van der Waals surface area contributed by atoms with E-state index in [1.807, 2.05) is 0 Å². The minimum atomic E-state index is -5.14. The first-order valence-corrected chi connectivity index (χ1v) is 7.36. The van der Waals surface area contributed by atoms with Crippen LogP contribution in [0, 0.1) is 0 Å². The van der Waals surface area contributed by atoms with E-state index in [0.29, 0.717) is 0 Å². The third-order valence-electron chi connectivity index (χ3n) is 2.90. The van der Waals surface area contributed by atoms with Crippen molar-refractivity contribution in [1.82, 2.24) is 0 Å². The largest absolute Gasteiger partial charge is 0.508 e. The number of aldehydes is 1. The van der Waals surface area contributed by atoms with Gasteiger partial charge in [0.05, 0.1) is 17.7 Å². The monoisotopic (exact) mass is 372 g/mol. The molecule has 0 saturated carbocycles. The summed E-state index contributed by atoms with van der Waals surface area (Å²) in [6.07, 6.45) is -1.20. The number of esters is 1. The Morgan fingerprint density at radius 2 is 2.17 bits per heavy atom. The number of carbonyl (C=O) groups excluding carboxylic acids is 2. The molecule has 11 heteroatoms. The number of ether oxygens (including phenoxy) is 2. The molecule has 0 spiro atoms. The lowest BCUT2D eigenvalue weighted by Crippen LogP contribution is -2.26. The second kappa shape index (κ2) is 6.36. The van der Waals surface area contributed by atoms with Gasteiger partial charge in [-0.25, -0.2) is 9.00 Å². The molecule has 0 N–H and O–H groups in total. The lowest BCUT2D eigenvalue weighted by Gasteiger charge is -2.13. The van der Waals surface area contributed by atoms with E-state index in [2.05, 4.69) is 8.92 Å². The molecule has 0 radical (unpaired) electrons. The van der Waals surface area contributed by atoms with Crippen LogP contribution in [-0.4, -0.2) is 35.2 Å². The molecule has 23 heavy (non-hydrogen) atoms. The molecule has 2 rings (SSSR count). The van der Waals surface area contributed by atoms with Gasteiger partial charge in [0.25, 0.3) is 0 Å². The molecular formula is C12H8ClF3O6S. The maximum absolute atomic E-state index is 12.4.